The monoisotopic (exact) mass is 200 g/mol. The van der Waals surface area contributed by atoms with Crippen LogP contribution in [0, 0.1) is 0 Å². The third-order valence-corrected chi connectivity index (χ3v) is 2.81. The predicted octanol–water partition coefficient (Wildman–Crippen LogP) is -0.689. The van der Waals surface area contributed by atoms with E-state index in [-0.39, 0.29) is 11.7 Å². The Morgan fingerprint density at radius 3 is 2.36 bits per heavy atom. The van der Waals surface area contributed by atoms with Crippen molar-refractivity contribution in [2.45, 2.75) is 18.6 Å². The van der Waals surface area contributed by atoms with Gasteiger partial charge in [-0.25, -0.2) is 0 Å². The lowest BCUT2D eigenvalue weighted by atomic mass is 10.0. The molecule has 0 atom stereocenters. The number of ether oxygens (including phenoxy) is 2. The van der Waals surface area contributed by atoms with Crippen LogP contribution in [0.3, 0.4) is 0 Å². The van der Waals surface area contributed by atoms with E-state index in [1.54, 1.807) is 0 Å². The second-order valence-corrected chi connectivity index (χ2v) is 3.85. The first-order valence-corrected chi connectivity index (χ1v) is 4.99. The normalized spacial score (nSPS) is 26.9. The highest BCUT2D eigenvalue weighted by Crippen LogP contribution is 2.30. The Morgan fingerprint density at radius 1 is 1.29 bits per heavy atom. The fourth-order valence-corrected chi connectivity index (χ4v) is 2.06. The minimum absolute atomic E-state index is 0.269. The minimum atomic E-state index is -0.353. The second-order valence-electron chi connectivity index (χ2n) is 3.85. The average molecular weight is 200 g/mol. The van der Waals surface area contributed by atoms with E-state index in [1.165, 1.54) is 0 Å². The molecule has 2 heterocycles. The molecule has 0 aromatic carbocycles. The summed E-state index contributed by atoms with van der Waals surface area (Å²) < 4.78 is 11.1. The molecule has 2 aliphatic rings. The van der Waals surface area contributed by atoms with Crippen molar-refractivity contribution in [3.63, 3.8) is 0 Å². The fourth-order valence-electron chi connectivity index (χ4n) is 2.06. The maximum atomic E-state index is 10.7. The number of hydrogen-bond acceptors (Lipinski definition) is 4. The van der Waals surface area contributed by atoms with Gasteiger partial charge in [0.05, 0.1) is 19.8 Å². The van der Waals surface area contributed by atoms with Gasteiger partial charge in [-0.05, 0) is 0 Å². The lowest BCUT2D eigenvalue weighted by Gasteiger charge is -2.36. The van der Waals surface area contributed by atoms with Crippen molar-refractivity contribution in [1.29, 1.82) is 0 Å². The van der Waals surface area contributed by atoms with Crippen LogP contribution in [-0.2, 0) is 14.3 Å². The number of rotatable bonds is 2. The van der Waals surface area contributed by atoms with Crippen molar-refractivity contribution in [2.24, 2.45) is 5.73 Å². The molecule has 2 fully saturated rings. The first-order chi connectivity index (χ1) is 6.70. The summed E-state index contributed by atoms with van der Waals surface area (Å²) in [5, 5.41) is 0. The van der Waals surface area contributed by atoms with Crippen LogP contribution in [0.2, 0.25) is 0 Å². The van der Waals surface area contributed by atoms with Crippen LogP contribution in [0.4, 0.5) is 0 Å². The molecule has 5 heteroatoms. The van der Waals surface area contributed by atoms with E-state index in [9.17, 15) is 4.79 Å². The largest absolute Gasteiger partial charge is 0.369 e. The van der Waals surface area contributed by atoms with Gasteiger partial charge in [0.2, 0.25) is 5.91 Å². The first-order valence-electron chi connectivity index (χ1n) is 4.99. The van der Waals surface area contributed by atoms with Gasteiger partial charge in [-0.3, -0.25) is 9.69 Å². The molecule has 2 N–H and O–H groups in total. The van der Waals surface area contributed by atoms with E-state index < -0.39 is 0 Å². The molecule has 14 heavy (non-hydrogen) atoms. The Hall–Kier alpha value is -0.650. The highest BCUT2D eigenvalue weighted by molar-refractivity contribution is 5.75. The zero-order valence-corrected chi connectivity index (χ0v) is 8.20. The summed E-state index contributed by atoms with van der Waals surface area (Å²) in [5.41, 5.74) is 5.13. The highest BCUT2D eigenvalue weighted by Gasteiger charge is 2.39. The van der Waals surface area contributed by atoms with Crippen molar-refractivity contribution in [1.82, 2.24) is 4.90 Å². The summed E-state index contributed by atoms with van der Waals surface area (Å²) in [6.45, 7) is 3.37. The van der Waals surface area contributed by atoms with E-state index >= 15 is 0 Å². The van der Waals surface area contributed by atoms with E-state index in [2.05, 4.69) is 0 Å². The SMILES string of the molecule is NC(=O)CN1CCC2(CC1)OCCO2. The smallest absolute Gasteiger partial charge is 0.231 e. The lowest BCUT2D eigenvalue weighted by Crippen LogP contribution is -2.47. The van der Waals surface area contributed by atoms with Crippen molar-refractivity contribution in [3.8, 4) is 0 Å². The molecule has 80 valence electrons. The molecule has 0 saturated carbocycles. The number of primary amides is 1. The summed E-state index contributed by atoms with van der Waals surface area (Å²) in [5.74, 6) is -0.622. The molecule has 2 saturated heterocycles. The molecular formula is C9H16N2O3. The van der Waals surface area contributed by atoms with Crippen LogP contribution in [-0.4, -0.2) is 49.4 Å². The standard InChI is InChI=1S/C9H16N2O3/c10-8(12)7-11-3-1-9(2-4-11)13-5-6-14-9/h1-7H2,(H2,10,12). The lowest BCUT2D eigenvalue weighted by molar-refractivity contribution is -0.185. The quantitative estimate of drug-likeness (QED) is 0.641. The summed E-state index contributed by atoms with van der Waals surface area (Å²) in [6, 6.07) is 0. The summed E-state index contributed by atoms with van der Waals surface area (Å²) in [7, 11) is 0. The van der Waals surface area contributed by atoms with Gasteiger partial charge in [-0.15, -0.1) is 0 Å². The Bertz CT molecular complexity index is 216. The van der Waals surface area contributed by atoms with Crippen LogP contribution in [0.25, 0.3) is 0 Å². The zero-order chi connectivity index (χ0) is 10.0. The number of nitrogens with two attached hydrogens (primary N) is 1. The Morgan fingerprint density at radius 2 is 1.86 bits per heavy atom. The van der Waals surface area contributed by atoms with Crippen LogP contribution < -0.4 is 5.73 Å². The summed E-state index contributed by atoms with van der Waals surface area (Å²) in [4.78, 5) is 12.7. The number of nitrogens with zero attached hydrogens (tertiary/aromatic N) is 1. The van der Waals surface area contributed by atoms with Crippen LogP contribution in [0.15, 0.2) is 0 Å². The summed E-state index contributed by atoms with van der Waals surface area (Å²) in [6.07, 6.45) is 1.67. The number of likely N-dealkylation sites (tertiary alicyclic amines) is 1. The van der Waals surface area contributed by atoms with E-state index in [0.717, 1.165) is 25.9 Å². The fraction of sp³-hybridized carbons (Fsp3) is 0.889. The van der Waals surface area contributed by atoms with Crippen LogP contribution in [0.5, 0.6) is 0 Å². The van der Waals surface area contributed by atoms with E-state index in [0.29, 0.717) is 19.8 Å². The Labute approximate surface area is 83.1 Å². The molecule has 2 aliphatic heterocycles. The molecule has 0 aliphatic carbocycles. The van der Waals surface area contributed by atoms with E-state index in [4.69, 9.17) is 15.2 Å². The molecule has 0 radical (unpaired) electrons. The van der Waals surface area contributed by atoms with Gasteiger partial charge in [0.15, 0.2) is 5.79 Å². The Balaban J connectivity index is 1.82. The topological polar surface area (TPSA) is 64.8 Å². The van der Waals surface area contributed by atoms with Gasteiger partial charge in [0, 0.05) is 25.9 Å². The molecule has 0 unspecified atom stereocenters. The molecule has 1 spiro atoms. The second kappa shape index (κ2) is 3.84. The predicted molar refractivity (Wildman–Crippen MR) is 49.5 cm³/mol. The minimum Gasteiger partial charge on any atom is -0.369 e. The number of hydrogen-bond donors (Lipinski definition) is 1. The average Bonchev–Trinajstić information content (AvgIpc) is 2.58. The molecule has 0 bridgehead atoms. The summed E-state index contributed by atoms with van der Waals surface area (Å²) >= 11 is 0. The third-order valence-electron chi connectivity index (χ3n) is 2.81. The molecule has 5 nitrogen and oxygen atoms in total. The van der Waals surface area contributed by atoms with Gasteiger partial charge >= 0.3 is 0 Å². The third kappa shape index (κ3) is 2.05. The van der Waals surface area contributed by atoms with Crippen molar-refractivity contribution in [2.75, 3.05) is 32.8 Å². The molecule has 2 rings (SSSR count). The molecule has 0 aromatic heterocycles. The van der Waals surface area contributed by atoms with Crippen LogP contribution >= 0.6 is 0 Å². The van der Waals surface area contributed by atoms with Crippen LogP contribution in [0.1, 0.15) is 12.8 Å². The van der Waals surface area contributed by atoms with Gasteiger partial charge in [0.1, 0.15) is 0 Å². The number of amides is 1. The van der Waals surface area contributed by atoms with Gasteiger partial charge in [-0.1, -0.05) is 0 Å². The molecular weight excluding hydrogens is 184 g/mol. The molecule has 1 amide bonds. The van der Waals surface area contributed by atoms with Crippen molar-refractivity contribution >= 4 is 5.91 Å². The number of carbonyl (C=O) groups is 1. The maximum absolute atomic E-state index is 10.7. The first kappa shape index (κ1) is 9.89. The maximum Gasteiger partial charge on any atom is 0.231 e. The molecule has 0 aromatic rings. The van der Waals surface area contributed by atoms with Gasteiger partial charge in [0.25, 0.3) is 0 Å². The number of piperidine rings is 1. The van der Waals surface area contributed by atoms with Gasteiger partial charge in [-0.2, -0.15) is 0 Å². The highest BCUT2D eigenvalue weighted by atomic mass is 16.7. The van der Waals surface area contributed by atoms with Crippen molar-refractivity contribution < 1.29 is 14.3 Å². The van der Waals surface area contributed by atoms with Gasteiger partial charge < -0.3 is 15.2 Å². The zero-order valence-electron chi connectivity index (χ0n) is 8.20. The number of carbonyl (C=O) groups excluding carboxylic acids is 1. The van der Waals surface area contributed by atoms with Crippen molar-refractivity contribution in [3.05, 3.63) is 0 Å². The van der Waals surface area contributed by atoms with E-state index in [1.807, 2.05) is 4.90 Å². The Kier molecular flexibility index (Phi) is 2.71.